The van der Waals surface area contributed by atoms with Crippen molar-refractivity contribution < 1.29 is 5.11 Å². The number of aliphatic hydroxyl groups excluding tert-OH is 1. The minimum Gasteiger partial charge on any atom is -0.506 e. The van der Waals surface area contributed by atoms with E-state index in [0.29, 0.717) is 17.7 Å². The number of hydrogen-bond donors (Lipinski definition) is 1. The van der Waals surface area contributed by atoms with E-state index in [2.05, 4.69) is 6.07 Å². The van der Waals surface area contributed by atoms with Crippen LogP contribution in [0.3, 0.4) is 0 Å². The van der Waals surface area contributed by atoms with Gasteiger partial charge in [-0.15, -0.1) is 0 Å². The molecule has 0 aliphatic carbocycles. The van der Waals surface area contributed by atoms with Crippen molar-refractivity contribution in [1.82, 2.24) is 4.90 Å². The van der Waals surface area contributed by atoms with Gasteiger partial charge in [0, 0.05) is 18.3 Å². The molecule has 0 saturated heterocycles. The monoisotopic (exact) mass is 164 g/mol. The molecule has 1 aliphatic heterocycles. The minimum absolute atomic E-state index is 0.208. The van der Waals surface area contributed by atoms with Crippen molar-refractivity contribution in [3.05, 3.63) is 23.1 Å². The van der Waals surface area contributed by atoms with Crippen LogP contribution in [-0.2, 0) is 0 Å². The number of likely N-dealkylation sites (N-methyl/N-ethyl adjacent to an activating group) is 1. The maximum atomic E-state index is 9.39. The van der Waals surface area contributed by atoms with Gasteiger partial charge in [-0.05, 0) is 13.8 Å². The molecule has 0 aromatic heterocycles. The van der Waals surface area contributed by atoms with E-state index in [1.54, 1.807) is 13.1 Å². The van der Waals surface area contributed by atoms with Gasteiger partial charge in [0.15, 0.2) is 0 Å². The molecule has 0 radical (unpaired) electrons. The molecule has 0 saturated carbocycles. The number of hydrogen-bond acceptors (Lipinski definition) is 3. The van der Waals surface area contributed by atoms with Gasteiger partial charge >= 0.3 is 0 Å². The van der Waals surface area contributed by atoms with Crippen molar-refractivity contribution in [2.24, 2.45) is 0 Å². The summed E-state index contributed by atoms with van der Waals surface area (Å²) in [5, 5.41) is 18.1. The van der Waals surface area contributed by atoms with E-state index in [1.165, 1.54) is 0 Å². The Hall–Kier alpha value is -1.43. The normalized spacial score (nSPS) is 17.4. The Morgan fingerprint density at radius 1 is 1.75 bits per heavy atom. The number of nitriles is 1. The summed E-state index contributed by atoms with van der Waals surface area (Å²) >= 11 is 0. The third kappa shape index (κ3) is 1.42. The summed E-state index contributed by atoms with van der Waals surface area (Å²) in [4.78, 5) is 1.90. The molecule has 0 aromatic rings. The van der Waals surface area contributed by atoms with Crippen LogP contribution >= 0.6 is 0 Å². The van der Waals surface area contributed by atoms with Crippen molar-refractivity contribution in [2.45, 2.75) is 13.8 Å². The first kappa shape index (κ1) is 8.66. The second-order valence-corrected chi connectivity index (χ2v) is 2.79. The number of aliphatic hydroxyl groups is 1. The van der Waals surface area contributed by atoms with Gasteiger partial charge in [0.1, 0.15) is 5.76 Å². The van der Waals surface area contributed by atoms with E-state index in [9.17, 15) is 5.11 Å². The topological polar surface area (TPSA) is 47.3 Å². The highest BCUT2D eigenvalue weighted by atomic mass is 16.3. The summed E-state index contributed by atoms with van der Waals surface area (Å²) in [6, 6.07) is 2.09. The van der Waals surface area contributed by atoms with Crippen LogP contribution in [-0.4, -0.2) is 23.1 Å². The molecule has 0 bridgehead atoms. The predicted molar refractivity (Wildman–Crippen MR) is 46.3 cm³/mol. The molecule has 0 amide bonds. The Morgan fingerprint density at radius 3 is 2.92 bits per heavy atom. The first-order valence-corrected chi connectivity index (χ1v) is 3.94. The third-order valence-corrected chi connectivity index (χ3v) is 2.04. The van der Waals surface area contributed by atoms with Crippen molar-refractivity contribution in [2.75, 3.05) is 13.1 Å². The standard InChI is InChI=1S/C9H12N2O/c1-3-11-5-8(4-10)7(2)9(12)6-11/h6,12H,3,5H2,1-2H3. The quantitative estimate of drug-likeness (QED) is 0.639. The average molecular weight is 164 g/mol. The molecule has 0 atom stereocenters. The molecule has 0 aromatic carbocycles. The van der Waals surface area contributed by atoms with Crippen LogP contribution in [0.15, 0.2) is 23.1 Å². The Morgan fingerprint density at radius 2 is 2.42 bits per heavy atom. The molecule has 12 heavy (non-hydrogen) atoms. The van der Waals surface area contributed by atoms with Crippen LogP contribution < -0.4 is 0 Å². The van der Waals surface area contributed by atoms with Crippen LogP contribution in [0.4, 0.5) is 0 Å². The fourth-order valence-corrected chi connectivity index (χ4v) is 1.11. The zero-order chi connectivity index (χ0) is 9.14. The first-order chi connectivity index (χ1) is 5.69. The maximum absolute atomic E-state index is 9.39. The van der Waals surface area contributed by atoms with E-state index in [-0.39, 0.29) is 5.76 Å². The summed E-state index contributed by atoms with van der Waals surface area (Å²) in [7, 11) is 0. The van der Waals surface area contributed by atoms with Crippen LogP contribution in [0.25, 0.3) is 0 Å². The summed E-state index contributed by atoms with van der Waals surface area (Å²) in [5.74, 6) is 0.208. The van der Waals surface area contributed by atoms with Gasteiger partial charge in [0.05, 0.1) is 18.2 Å². The zero-order valence-electron chi connectivity index (χ0n) is 7.33. The highest BCUT2D eigenvalue weighted by Crippen LogP contribution is 2.18. The molecular formula is C9H12N2O. The van der Waals surface area contributed by atoms with Crippen molar-refractivity contribution in [3.8, 4) is 6.07 Å². The van der Waals surface area contributed by atoms with E-state index in [4.69, 9.17) is 5.26 Å². The predicted octanol–water partition coefficient (Wildman–Crippen LogP) is 1.56. The fourth-order valence-electron chi connectivity index (χ4n) is 1.11. The Balaban J connectivity index is 2.94. The van der Waals surface area contributed by atoms with Crippen molar-refractivity contribution >= 4 is 0 Å². The first-order valence-electron chi connectivity index (χ1n) is 3.94. The summed E-state index contributed by atoms with van der Waals surface area (Å²) in [6.45, 7) is 5.17. The van der Waals surface area contributed by atoms with Crippen molar-refractivity contribution in [3.63, 3.8) is 0 Å². The molecule has 1 aliphatic rings. The van der Waals surface area contributed by atoms with Crippen LogP contribution in [0.2, 0.25) is 0 Å². The lowest BCUT2D eigenvalue weighted by atomic mass is 10.1. The lowest BCUT2D eigenvalue weighted by molar-refractivity contribution is 0.355. The Labute approximate surface area is 72.2 Å². The summed E-state index contributed by atoms with van der Waals surface area (Å²) in [6.07, 6.45) is 1.68. The Kier molecular flexibility index (Phi) is 2.39. The number of allylic oxidation sites excluding steroid dienone is 1. The highest BCUT2D eigenvalue weighted by Gasteiger charge is 2.14. The highest BCUT2D eigenvalue weighted by molar-refractivity contribution is 5.40. The lowest BCUT2D eigenvalue weighted by Gasteiger charge is -2.23. The second-order valence-electron chi connectivity index (χ2n) is 2.79. The molecule has 64 valence electrons. The molecule has 1 rings (SSSR count). The van der Waals surface area contributed by atoms with Gasteiger partial charge in [-0.3, -0.25) is 0 Å². The lowest BCUT2D eigenvalue weighted by Crippen LogP contribution is -2.24. The molecule has 0 unspecified atom stereocenters. The number of nitrogens with zero attached hydrogens (tertiary/aromatic N) is 2. The SMILES string of the molecule is CCN1C=C(O)C(C)=C(C#N)C1. The molecule has 1 N–H and O–H groups in total. The van der Waals surface area contributed by atoms with E-state index < -0.39 is 0 Å². The smallest absolute Gasteiger partial charge is 0.135 e. The largest absolute Gasteiger partial charge is 0.506 e. The van der Waals surface area contributed by atoms with Crippen LogP contribution in [0, 0.1) is 11.3 Å². The molecule has 0 spiro atoms. The van der Waals surface area contributed by atoms with Gasteiger partial charge < -0.3 is 10.0 Å². The van der Waals surface area contributed by atoms with E-state index >= 15 is 0 Å². The van der Waals surface area contributed by atoms with Gasteiger partial charge in [-0.1, -0.05) is 0 Å². The molecule has 1 heterocycles. The van der Waals surface area contributed by atoms with Gasteiger partial charge in [-0.2, -0.15) is 5.26 Å². The van der Waals surface area contributed by atoms with E-state index in [1.807, 2.05) is 11.8 Å². The second kappa shape index (κ2) is 3.31. The van der Waals surface area contributed by atoms with Gasteiger partial charge in [-0.25, -0.2) is 0 Å². The summed E-state index contributed by atoms with van der Waals surface area (Å²) < 4.78 is 0. The third-order valence-electron chi connectivity index (χ3n) is 2.04. The average Bonchev–Trinajstić information content (AvgIpc) is 2.09. The van der Waals surface area contributed by atoms with E-state index in [0.717, 1.165) is 6.54 Å². The maximum Gasteiger partial charge on any atom is 0.135 e. The van der Waals surface area contributed by atoms with Crippen molar-refractivity contribution in [1.29, 1.82) is 5.26 Å². The minimum atomic E-state index is 0.208. The van der Waals surface area contributed by atoms with Gasteiger partial charge in [0.2, 0.25) is 0 Å². The van der Waals surface area contributed by atoms with Crippen LogP contribution in [0.1, 0.15) is 13.8 Å². The fraction of sp³-hybridized carbons (Fsp3) is 0.444. The molecule has 3 nitrogen and oxygen atoms in total. The van der Waals surface area contributed by atoms with Crippen LogP contribution in [0.5, 0.6) is 0 Å². The molecule has 0 fully saturated rings. The molecular weight excluding hydrogens is 152 g/mol. The number of rotatable bonds is 1. The summed E-state index contributed by atoms with van der Waals surface area (Å²) in [5.41, 5.74) is 1.35. The molecule has 3 heteroatoms. The Bertz CT molecular complexity index is 283. The van der Waals surface area contributed by atoms with Gasteiger partial charge in [0.25, 0.3) is 0 Å². The zero-order valence-corrected chi connectivity index (χ0v) is 7.33.